The van der Waals surface area contributed by atoms with Crippen LogP contribution in [0.1, 0.15) is 35.1 Å². The van der Waals surface area contributed by atoms with Crippen LogP contribution in [0.4, 0.5) is 0 Å². The number of nitrogens with zero attached hydrogens (tertiary/aromatic N) is 1. The second-order valence-corrected chi connectivity index (χ2v) is 8.75. The minimum absolute atomic E-state index is 0.0222. The first-order chi connectivity index (χ1) is 12.0. The van der Waals surface area contributed by atoms with E-state index >= 15 is 0 Å². The van der Waals surface area contributed by atoms with Crippen LogP contribution in [0.3, 0.4) is 0 Å². The Bertz CT molecular complexity index is 823. The molecule has 1 rings (SSSR count). The first-order valence-corrected chi connectivity index (χ1v) is 11.1. The molecular formula is C14H23N3O7S2. The fourth-order valence-electron chi connectivity index (χ4n) is 2.09. The van der Waals surface area contributed by atoms with E-state index in [-0.39, 0.29) is 25.3 Å². The van der Waals surface area contributed by atoms with Crippen molar-refractivity contribution < 1.29 is 30.7 Å². The second-order valence-electron chi connectivity index (χ2n) is 5.61. The Kier molecular flexibility index (Phi) is 8.56. The molecular weight excluding hydrogens is 386 g/mol. The van der Waals surface area contributed by atoms with E-state index in [1.165, 1.54) is 0 Å². The van der Waals surface area contributed by atoms with Crippen LogP contribution in [0.5, 0.6) is 0 Å². The molecule has 0 aliphatic heterocycles. The minimum Gasteiger partial charge on any atom is -0.350 e. The Morgan fingerprint density at radius 2 is 1.69 bits per heavy atom. The van der Waals surface area contributed by atoms with Gasteiger partial charge < -0.3 is 10.6 Å². The number of hydrogen-bond donors (Lipinski definition) is 4. The topological polar surface area (TPSA) is 163 Å². The predicted octanol–water partition coefficient (Wildman–Crippen LogP) is -0.371. The maximum absolute atomic E-state index is 12.1. The van der Waals surface area contributed by atoms with Gasteiger partial charge in [0.1, 0.15) is 5.69 Å². The van der Waals surface area contributed by atoms with E-state index in [1.54, 1.807) is 12.1 Å². The summed E-state index contributed by atoms with van der Waals surface area (Å²) in [5.41, 5.74) is 1.46. The molecule has 10 nitrogen and oxygen atoms in total. The Labute approximate surface area is 152 Å². The Balaban J connectivity index is 2.77. The first-order valence-electron chi connectivity index (χ1n) is 7.89. The van der Waals surface area contributed by atoms with Crippen LogP contribution in [0, 0.1) is 0 Å². The molecule has 1 heterocycles. The highest BCUT2D eigenvalue weighted by Crippen LogP contribution is 2.09. The lowest BCUT2D eigenvalue weighted by molar-refractivity contribution is 0.0950. The SMILES string of the molecule is CCCc1cc(CNCCS(=O)(=O)O)nc(C(=O)NCCS(=O)(=O)O)c1. The molecule has 0 aliphatic rings. The van der Waals surface area contributed by atoms with Crippen molar-refractivity contribution in [1.29, 1.82) is 0 Å². The van der Waals surface area contributed by atoms with Crippen molar-refractivity contribution in [3.05, 3.63) is 29.1 Å². The van der Waals surface area contributed by atoms with Crippen molar-refractivity contribution in [2.24, 2.45) is 0 Å². The zero-order valence-electron chi connectivity index (χ0n) is 14.3. The number of carbonyl (C=O) groups is 1. The van der Waals surface area contributed by atoms with Crippen LogP contribution < -0.4 is 10.6 Å². The number of hydrogen-bond acceptors (Lipinski definition) is 7. The standard InChI is InChI=1S/C14H23N3O7S2/c1-2-3-11-8-12(10-15-4-6-25(19,20)21)17-13(9-11)14(18)16-5-7-26(22,23)24/h8-9,15H,2-7,10H2,1H3,(H,16,18)(H,19,20,21)(H,22,23,24). The van der Waals surface area contributed by atoms with Gasteiger partial charge in [0.15, 0.2) is 0 Å². The van der Waals surface area contributed by atoms with Crippen molar-refractivity contribution in [2.75, 3.05) is 24.6 Å². The highest BCUT2D eigenvalue weighted by atomic mass is 32.2. The van der Waals surface area contributed by atoms with E-state index < -0.39 is 37.6 Å². The van der Waals surface area contributed by atoms with Crippen molar-refractivity contribution in [3.63, 3.8) is 0 Å². The average Bonchev–Trinajstić information content (AvgIpc) is 2.49. The molecule has 0 unspecified atom stereocenters. The summed E-state index contributed by atoms with van der Waals surface area (Å²) in [6, 6.07) is 3.37. The lowest BCUT2D eigenvalue weighted by Gasteiger charge is -2.10. The molecule has 0 bridgehead atoms. The summed E-state index contributed by atoms with van der Waals surface area (Å²) >= 11 is 0. The summed E-state index contributed by atoms with van der Waals surface area (Å²) in [5, 5.41) is 5.18. The Hall–Kier alpha value is -1.60. The van der Waals surface area contributed by atoms with Crippen molar-refractivity contribution >= 4 is 26.1 Å². The number of aromatic nitrogens is 1. The first kappa shape index (κ1) is 22.4. The molecule has 1 amide bonds. The summed E-state index contributed by atoms with van der Waals surface area (Å²) in [6.07, 6.45) is 1.54. The van der Waals surface area contributed by atoms with Crippen LogP contribution in [0.15, 0.2) is 12.1 Å². The summed E-state index contributed by atoms with van der Waals surface area (Å²) in [5.74, 6) is -1.62. The number of amides is 1. The smallest absolute Gasteiger partial charge is 0.269 e. The summed E-state index contributed by atoms with van der Waals surface area (Å²) in [7, 11) is -8.22. The van der Waals surface area contributed by atoms with Crippen molar-refractivity contribution in [3.8, 4) is 0 Å². The Morgan fingerprint density at radius 1 is 1.08 bits per heavy atom. The van der Waals surface area contributed by atoms with Gasteiger partial charge in [0.25, 0.3) is 26.1 Å². The van der Waals surface area contributed by atoms with Gasteiger partial charge in [-0.3, -0.25) is 13.9 Å². The van der Waals surface area contributed by atoms with Gasteiger partial charge >= 0.3 is 0 Å². The van der Waals surface area contributed by atoms with Gasteiger partial charge in [-0.1, -0.05) is 13.3 Å². The zero-order valence-corrected chi connectivity index (χ0v) is 15.9. The summed E-state index contributed by atoms with van der Waals surface area (Å²) in [6.45, 7) is 1.93. The van der Waals surface area contributed by atoms with Gasteiger partial charge in [-0.2, -0.15) is 16.8 Å². The highest BCUT2D eigenvalue weighted by molar-refractivity contribution is 7.86. The maximum atomic E-state index is 12.1. The van der Waals surface area contributed by atoms with E-state index in [9.17, 15) is 21.6 Å². The van der Waals surface area contributed by atoms with Gasteiger partial charge in [0, 0.05) is 19.6 Å². The normalized spacial score (nSPS) is 12.1. The van der Waals surface area contributed by atoms with Gasteiger partial charge in [-0.25, -0.2) is 4.98 Å². The molecule has 0 aliphatic carbocycles. The summed E-state index contributed by atoms with van der Waals surface area (Å²) < 4.78 is 60.1. The van der Waals surface area contributed by atoms with Crippen LogP contribution in [-0.4, -0.2) is 61.4 Å². The lowest BCUT2D eigenvalue weighted by atomic mass is 10.1. The van der Waals surface area contributed by atoms with E-state index in [2.05, 4.69) is 15.6 Å². The molecule has 12 heteroatoms. The number of carbonyl (C=O) groups excluding carboxylic acids is 1. The fourth-order valence-corrected chi connectivity index (χ4v) is 2.85. The van der Waals surface area contributed by atoms with Gasteiger partial charge in [0.05, 0.1) is 17.2 Å². The molecule has 1 aromatic rings. The third kappa shape index (κ3) is 9.77. The van der Waals surface area contributed by atoms with Crippen LogP contribution in [0.2, 0.25) is 0 Å². The molecule has 0 radical (unpaired) electrons. The highest BCUT2D eigenvalue weighted by Gasteiger charge is 2.12. The van der Waals surface area contributed by atoms with Crippen LogP contribution in [0.25, 0.3) is 0 Å². The molecule has 0 saturated heterocycles. The molecule has 0 aromatic carbocycles. The second kappa shape index (κ2) is 9.92. The number of rotatable bonds is 11. The minimum atomic E-state index is -4.17. The monoisotopic (exact) mass is 409 g/mol. The maximum Gasteiger partial charge on any atom is 0.269 e. The zero-order chi connectivity index (χ0) is 19.8. The molecule has 0 atom stereocenters. The van der Waals surface area contributed by atoms with Gasteiger partial charge in [0.2, 0.25) is 0 Å². The molecule has 0 fully saturated rings. The average molecular weight is 409 g/mol. The number of pyridine rings is 1. The summed E-state index contributed by atoms with van der Waals surface area (Å²) in [4.78, 5) is 16.3. The fraction of sp³-hybridized carbons (Fsp3) is 0.571. The largest absolute Gasteiger partial charge is 0.350 e. The number of nitrogens with one attached hydrogen (secondary N) is 2. The molecule has 0 saturated carbocycles. The quantitative estimate of drug-likeness (QED) is 0.282. The van der Waals surface area contributed by atoms with E-state index in [1.807, 2.05) is 6.92 Å². The molecule has 1 aromatic heterocycles. The molecule has 0 spiro atoms. The van der Waals surface area contributed by atoms with Crippen molar-refractivity contribution in [1.82, 2.24) is 15.6 Å². The van der Waals surface area contributed by atoms with E-state index in [0.29, 0.717) is 12.1 Å². The third-order valence-electron chi connectivity index (χ3n) is 3.20. The third-order valence-corrected chi connectivity index (χ3v) is 4.64. The Morgan fingerprint density at radius 3 is 2.27 bits per heavy atom. The lowest BCUT2D eigenvalue weighted by Crippen LogP contribution is -2.30. The van der Waals surface area contributed by atoms with E-state index in [0.717, 1.165) is 12.0 Å². The molecule has 148 valence electrons. The predicted molar refractivity (Wildman–Crippen MR) is 95.1 cm³/mol. The van der Waals surface area contributed by atoms with Gasteiger partial charge in [-0.15, -0.1) is 0 Å². The van der Waals surface area contributed by atoms with Crippen LogP contribution in [-0.2, 0) is 33.2 Å². The van der Waals surface area contributed by atoms with Crippen molar-refractivity contribution in [2.45, 2.75) is 26.3 Å². The molecule has 26 heavy (non-hydrogen) atoms. The van der Waals surface area contributed by atoms with Gasteiger partial charge in [-0.05, 0) is 24.1 Å². The van der Waals surface area contributed by atoms with E-state index in [4.69, 9.17) is 9.11 Å². The molecule has 4 N–H and O–H groups in total. The number of aryl methyl sites for hydroxylation is 1. The van der Waals surface area contributed by atoms with Crippen LogP contribution >= 0.6 is 0 Å².